The van der Waals surface area contributed by atoms with Crippen LogP contribution in [0.25, 0.3) is 0 Å². The summed E-state index contributed by atoms with van der Waals surface area (Å²) in [7, 11) is 0. The molecule has 0 bridgehead atoms. The average molecular weight is 237 g/mol. The second kappa shape index (κ2) is 6.15. The Morgan fingerprint density at radius 3 is 2.88 bits per heavy atom. The van der Waals surface area contributed by atoms with E-state index in [9.17, 15) is 0 Å². The van der Waals surface area contributed by atoms with Gasteiger partial charge in [-0.1, -0.05) is 24.9 Å². The predicted molar refractivity (Wildman–Crippen MR) is 67.0 cm³/mol. The highest BCUT2D eigenvalue weighted by atomic mass is 16.5. The number of aromatic nitrogens is 2. The standard InChI is InChI=1S/C13H23N3O/c1-3-8-14-10(2)9-12-15-13(16-17-12)11-6-4-5-7-11/h10-11,14H,3-9H2,1-2H3. The highest BCUT2D eigenvalue weighted by Crippen LogP contribution is 2.32. The zero-order chi connectivity index (χ0) is 12.1. The summed E-state index contributed by atoms with van der Waals surface area (Å²) < 4.78 is 5.33. The molecule has 96 valence electrons. The monoisotopic (exact) mass is 237 g/mol. The molecule has 4 heteroatoms. The third kappa shape index (κ3) is 3.53. The summed E-state index contributed by atoms with van der Waals surface area (Å²) in [6, 6.07) is 0.409. The molecule has 1 atom stereocenters. The Labute approximate surface area is 103 Å². The van der Waals surface area contributed by atoms with Crippen molar-refractivity contribution in [3.63, 3.8) is 0 Å². The van der Waals surface area contributed by atoms with Crippen LogP contribution in [0.4, 0.5) is 0 Å². The third-order valence-electron chi connectivity index (χ3n) is 3.43. The average Bonchev–Trinajstić information content (AvgIpc) is 2.95. The summed E-state index contributed by atoms with van der Waals surface area (Å²) >= 11 is 0. The van der Waals surface area contributed by atoms with Gasteiger partial charge in [0.25, 0.3) is 0 Å². The lowest BCUT2D eigenvalue weighted by Gasteiger charge is -2.09. The molecule has 0 aliphatic heterocycles. The largest absolute Gasteiger partial charge is 0.339 e. The quantitative estimate of drug-likeness (QED) is 0.826. The molecule has 0 aromatic carbocycles. The molecule has 2 rings (SSSR count). The van der Waals surface area contributed by atoms with Crippen LogP contribution in [0.2, 0.25) is 0 Å². The first kappa shape index (κ1) is 12.6. The maximum Gasteiger partial charge on any atom is 0.228 e. The van der Waals surface area contributed by atoms with Crippen molar-refractivity contribution in [2.45, 2.75) is 64.3 Å². The number of hydrogen-bond donors (Lipinski definition) is 1. The highest BCUT2D eigenvalue weighted by molar-refractivity contribution is 4.98. The smallest absolute Gasteiger partial charge is 0.228 e. The van der Waals surface area contributed by atoms with E-state index in [1.165, 1.54) is 25.7 Å². The first-order valence-corrected chi connectivity index (χ1v) is 6.85. The summed E-state index contributed by atoms with van der Waals surface area (Å²) in [5.41, 5.74) is 0. The predicted octanol–water partition coefficient (Wildman–Crippen LogP) is 2.66. The van der Waals surface area contributed by atoms with Crippen molar-refractivity contribution in [3.8, 4) is 0 Å². The maximum atomic E-state index is 5.33. The van der Waals surface area contributed by atoms with Gasteiger partial charge in [-0.3, -0.25) is 0 Å². The van der Waals surface area contributed by atoms with Gasteiger partial charge in [0.1, 0.15) is 0 Å². The minimum Gasteiger partial charge on any atom is -0.339 e. The van der Waals surface area contributed by atoms with Crippen LogP contribution in [0.15, 0.2) is 4.52 Å². The summed E-state index contributed by atoms with van der Waals surface area (Å²) in [5.74, 6) is 2.26. The summed E-state index contributed by atoms with van der Waals surface area (Å²) in [5, 5.41) is 7.55. The van der Waals surface area contributed by atoms with Crippen LogP contribution in [0.5, 0.6) is 0 Å². The van der Waals surface area contributed by atoms with Crippen LogP contribution < -0.4 is 5.32 Å². The van der Waals surface area contributed by atoms with E-state index in [0.717, 1.165) is 31.1 Å². The lowest BCUT2D eigenvalue weighted by atomic mass is 10.1. The molecule has 1 aromatic rings. The van der Waals surface area contributed by atoms with Crippen LogP contribution in [0.1, 0.15) is 63.6 Å². The third-order valence-corrected chi connectivity index (χ3v) is 3.43. The Hall–Kier alpha value is -0.900. The van der Waals surface area contributed by atoms with Crippen molar-refractivity contribution in [2.75, 3.05) is 6.54 Å². The molecule has 1 fully saturated rings. The van der Waals surface area contributed by atoms with Gasteiger partial charge < -0.3 is 9.84 Å². The van der Waals surface area contributed by atoms with Gasteiger partial charge in [-0.05, 0) is 32.7 Å². The van der Waals surface area contributed by atoms with E-state index >= 15 is 0 Å². The Morgan fingerprint density at radius 2 is 2.18 bits per heavy atom. The number of hydrogen-bond acceptors (Lipinski definition) is 4. The molecule has 0 amide bonds. The highest BCUT2D eigenvalue weighted by Gasteiger charge is 2.22. The molecule has 0 radical (unpaired) electrons. The van der Waals surface area contributed by atoms with Crippen LogP contribution in [-0.4, -0.2) is 22.7 Å². The number of rotatable bonds is 6. The molecule has 1 aliphatic rings. The van der Waals surface area contributed by atoms with Gasteiger partial charge in [0, 0.05) is 18.4 Å². The van der Waals surface area contributed by atoms with Crippen molar-refractivity contribution in [1.82, 2.24) is 15.5 Å². The van der Waals surface area contributed by atoms with Gasteiger partial charge in [-0.25, -0.2) is 0 Å². The topological polar surface area (TPSA) is 51.0 Å². The lowest BCUT2D eigenvalue weighted by molar-refractivity contribution is 0.355. The molecular formula is C13H23N3O. The Morgan fingerprint density at radius 1 is 1.41 bits per heavy atom. The molecule has 1 unspecified atom stereocenters. The molecule has 4 nitrogen and oxygen atoms in total. The van der Waals surface area contributed by atoms with E-state index in [4.69, 9.17) is 4.52 Å². The van der Waals surface area contributed by atoms with Crippen molar-refractivity contribution >= 4 is 0 Å². The number of nitrogens with zero attached hydrogens (tertiary/aromatic N) is 2. The Bertz CT molecular complexity index is 331. The zero-order valence-electron chi connectivity index (χ0n) is 10.9. The van der Waals surface area contributed by atoms with Crippen molar-refractivity contribution in [2.24, 2.45) is 0 Å². The van der Waals surface area contributed by atoms with Crippen molar-refractivity contribution in [1.29, 1.82) is 0 Å². The molecule has 0 spiro atoms. The van der Waals surface area contributed by atoms with E-state index < -0.39 is 0 Å². The molecular weight excluding hydrogens is 214 g/mol. The van der Waals surface area contributed by atoms with Gasteiger partial charge in [-0.2, -0.15) is 4.98 Å². The first-order valence-electron chi connectivity index (χ1n) is 6.85. The van der Waals surface area contributed by atoms with Crippen LogP contribution in [0, 0.1) is 0 Å². The van der Waals surface area contributed by atoms with E-state index in [0.29, 0.717) is 12.0 Å². The van der Waals surface area contributed by atoms with E-state index in [2.05, 4.69) is 29.3 Å². The second-order valence-corrected chi connectivity index (χ2v) is 5.09. The van der Waals surface area contributed by atoms with Crippen molar-refractivity contribution < 1.29 is 4.52 Å². The SMILES string of the molecule is CCCNC(C)Cc1nc(C2CCCC2)no1. The maximum absolute atomic E-state index is 5.33. The molecule has 0 saturated heterocycles. The summed E-state index contributed by atoms with van der Waals surface area (Å²) in [6.45, 7) is 5.38. The molecule has 1 saturated carbocycles. The van der Waals surface area contributed by atoms with Crippen LogP contribution in [0.3, 0.4) is 0 Å². The summed E-state index contributed by atoms with van der Waals surface area (Å²) in [4.78, 5) is 4.52. The molecule has 1 N–H and O–H groups in total. The normalized spacial score (nSPS) is 18.7. The fourth-order valence-corrected chi connectivity index (χ4v) is 2.43. The fourth-order valence-electron chi connectivity index (χ4n) is 2.43. The molecule has 1 aliphatic carbocycles. The van der Waals surface area contributed by atoms with Crippen LogP contribution >= 0.6 is 0 Å². The van der Waals surface area contributed by atoms with E-state index in [1.807, 2.05) is 0 Å². The fraction of sp³-hybridized carbons (Fsp3) is 0.846. The molecule has 1 heterocycles. The van der Waals surface area contributed by atoms with Gasteiger partial charge in [-0.15, -0.1) is 0 Å². The molecule has 1 aromatic heterocycles. The van der Waals surface area contributed by atoms with Gasteiger partial charge in [0.15, 0.2) is 5.82 Å². The van der Waals surface area contributed by atoms with Gasteiger partial charge in [0.2, 0.25) is 5.89 Å². The van der Waals surface area contributed by atoms with Crippen molar-refractivity contribution in [3.05, 3.63) is 11.7 Å². The minimum absolute atomic E-state index is 0.409. The van der Waals surface area contributed by atoms with E-state index in [-0.39, 0.29) is 0 Å². The molecule has 17 heavy (non-hydrogen) atoms. The van der Waals surface area contributed by atoms with Crippen LogP contribution in [-0.2, 0) is 6.42 Å². The second-order valence-electron chi connectivity index (χ2n) is 5.09. The van der Waals surface area contributed by atoms with Gasteiger partial charge >= 0.3 is 0 Å². The van der Waals surface area contributed by atoms with Gasteiger partial charge in [0.05, 0.1) is 0 Å². The lowest BCUT2D eigenvalue weighted by Crippen LogP contribution is -2.28. The van der Waals surface area contributed by atoms with E-state index in [1.54, 1.807) is 0 Å². The first-order chi connectivity index (χ1) is 8.29. The Balaban J connectivity index is 1.84. The Kier molecular flexibility index (Phi) is 4.54. The number of nitrogens with one attached hydrogen (secondary N) is 1. The zero-order valence-corrected chi connectivity index (χ0v) is 10.9. The minimum atomic E-state index is 0.409. The summed E-state index contributed by atoms with van der Waals surface area (Å²) in [6.07, 6.45) is 7.05.